The second-order valence-corrected chi connectivity index (χ2v) is 33.3. The molecule has 22 nitrogen and oxygen atoms in total. The minimum atomic E-state index is -4.79. The quantitative estimate of drug-likeness (QED) is 0.0164. The molecule has 0 rings (SSSR count). The molecule has 24 heteroatoms. The molecule has 3 amide bonds. The Balaban J connectivity index is 5.68. The van der Waals surface area contributed by atoms with Crippen LogP contribution in [0.4, 0.5) is 4.79 Å². The van der Waals surface area contributed by atoms with E-state index in [4.69, 9.17) is 37.0 Å². The van der Waals surface area contributed by atoms with E-state index in [-0.39, 0.29) is 107 Å². The second-order valence-electron chi connectivity index (χ2n) is 30.4. The largest absolute Gasteiger partial charge is 0.472 e. The Morgan fingerprint density at radius 2 is 0.639 bits per heavy atom. The van der Waals surface area contributed by atoms with Crippen molar-refractivity contribution in [1.82, 2.24) is 16.0 Å². The van der Waals surface area contributed by atoms with Crippen molar-refractivity contribution in [3.63, 3.8) is 0 Å². The Morgan fingerprint density at radius 1 is 0.324 bits per heavy atom. The minimum Gasteiger partial charge on any atom is -0.462 e. The average molecular weight is 1580 g/mol. The van der Waals surface area contributed by atoms with Gasteiger partial charge in [-0.25, -0.2) is 13.9 Å². The monoisotopic (exact) mass is 1580 g/mol. The number of carbonyl (C=O) groups is 7. The molecule has 0 aliphatic rings. The van der Waals surface area contributed by atoms with Crippen molar-refractivity contribution in [3.8, 4) is 0 Å². The summed E-state index contributed by atoms with van der Waals surface area (Å²) < 4.78 is 71.5. The number of phosphoric ester groups is 2. The highest BCUT2D eigenvalue weighted by Gasteiger charge is 2.28. The van der Waals surface area contributed by atoms with E-state index in [0.29, 0.717) is 57.8 Å². The Labute approximate surface area is 656 Å². The van der Waals surface area contributed by atoms with E-state index in [1.807, 2.05) is 0 Å². The fourth-order valence-electron chi connectivity index (χ4n) is 13.0. The lowest BCUT2D eigenvalue weighted by atomic mass is 9.99. The molecule has 0 fully saturated rings. The first-order chi connectivity index (χ1) is 52.3. The minimum absolute atomic E-state index is 0.0467. The third kappa shape index (κ3) is 73.0. The number of carbonyl (C=O) groups excluding carboxylic acids is 7. The topological polar surface area (TPSA) is 304 Å². The number of hydrogen-bond donors (Lipinski definition) is 5. The highest BCUT2D eigenvalue weighted by atomic mass is 31.2. The zero-order chi connectivity index (χ0) is 79.5. The fourth-order valence-corrected chi connectivity index (χ4v) is 14.6. The number of hydrogen-bond acceptors (Lipinski definition) is 17. The molecule has 0 aliphatic carbocycles. The van der Waals surface area contributed by atoms with Crippen molar-refractivity contribution in [3.05, 3.63) is 0 Å². The lowest BCUT2D eigenvalue weighted by Crippen LogP contribution is -2.42. The maximum absolute atomic E-state index is 13.4. The number of esters is 2. The molecule has 0 radical (unpaired) electrons. The van der Waals surface area contributed by atoms with Crippen LogP contribution in [-0.2, 0) is 74.9 Å². The molecule has 0 spiro atoms. The van der Waals surface area contributed by atoms with Crippen LogP contribution >= 0.6 is 15.6 Å². The number of ketones is 3. The molecule has 0 aliphatic heterocycles. The van der Waals surface area contributed by atoms with E-state index in [0.717, 1.165) is 141 Å². The van der Waals surface area contributed by atoms with Crippen LogP contribution in [0.2, 0.25) is 0 Å². The highest BCUT2D eigenvalue weighted by molar-refractivity contribution is 7.47. The van der Waals surface area contributed by atoms with Crippen molar-refractivity contribution in [2.45, 2.75) is 426 Å². The van der Waals surface area contributed by atoms with Gasteiger partial charge in [-0.05, 0) is 51.4 Å². The molecule has 108 heavy (non-hydrogen) atoms. The molecule has 636 valence electrons. The SMILES string of the molecule is CCCCCCCCCCCC(=O)CC(=O)C[C@H](COCC[C@@H](CCCCCCC)OC(=O)CCCCCCCCCCC)COP(=O)(O)OCCNC(=O)NCCOP(=O)(O)OC[C@@H](COCC[C@@H](CCCCCCC)OC(=O)CCCCCCCCCCC)NC(=O)CC(=O)CCCCCCCCCCC. The van der Waals surface area contributed by atoms with Gasteiger partial charge in [0.05, 0.1) is 71.7 Å². The number of rotatable bonds is 85. The van der Waals surface area contributed by atoms with Gasteiger partial charge in [0.2, 0.25) is 5.91 Å². The number of phosphoric acid groups is 2. The maximum Gasteiger partial charge on any atom is 0.472 e. The summed E-state index contributed by atoms with van der Waals surface area (Å²) in [6, 6.07) is -1.74. The van der Waals surface area contributed by atoms with Crippen molar-refractivity contribution >= 4 is 56.9 Å². The van der Waals surface area contributed by atoms with Gasteiger partial charge < -0.3 is 44.7 Å². The van der Waals surface area contributed by atoms with Crippen molar-refractivity contribution in [2.24, 2.45) is 5.92 Å². The number of nitrogens with one attached hydrogen (secondary N) is 3. The first kappa shape index (κ1) is 105. The van der Waals surface area contributed by atoms with E-state index in [9.17, 15) is 52.5 Å². The third-order valence-electron chi connectivity index (χ3n) is 19.6. The summed E-state index contributed by atoms with van der Waals surface area (Å²) in [5.41, 5.74) is 0. The number of unbranched alkanes of at least 4 members (excludes halogenated alkanes) is 40. The van der Waals surface area contributed by atoms with E-state index in [1.165, 1.54) is 141 Å². The molecule has 0 saturated carbocycles. The molecule has 0 aromatic heterocycles. The molecule has 0 bridgehead atoms. The van der Waals surface area contributed by atoms with Crippen LogP contribution in [0.3, 0.4) is 0 Å². The zero-order valence-electron chi connectivity index (χ0n) is 69.4. The summed E-state index contributed by atoms with van der Waals surface area (Å²) >= 11 is 0. The summed E-state index contributed by atoms with van der Waals surface area (Å²) in [7, 11) is -9.55. The summed E-state index contributed by atoms with van der Waals surface area (Å²) in [6.07, 6.45) is 52.6. The van der Waals surface area contributed by atoms with Crippen molar-refractivity contribution in [2.75, 3.05) is 65.9 Å². The lowest BCUT2D eigenvalue weighted by molar-refractivity contribution is -0.151. The van der Waals surface area contributed by atoms with E-state index >= 15 is 0 Å². The second kappa shape index (κ2) is 76.5. The normalized spacial score (nSPS) is 13.8. The lowest BCUT2D eigenvalue weighted by Gasteiger charge is -2.22. The first-order valence-corrected chi connectivity index (χ1v) is 46.9. The fraction of sp³-hybridized carbons (Fsp3) is 0.917. The summed E-state index contributed by atoms with van der Waals surface area (Å²) in [5, 5.41) is 7.65. The predicted octanol–water partition coefficient (Wildman–Crippen LogP) is 21.6. The van der Waals surface area contributed by atoms with Gasteiger partial charge in [-0.15, -0.1) is 0 Å². The van der Waals surface area contributed by atoms with Crippen LogP contribution < -0.4 is 16.0 Å². The van der Waals surface area contributed by atoms with Gasteiger partial charge in [-0.1, -0.05) is 298 Å². The molecular weight excluding hydrogens is 1420 g/mol. The van der Waals surface area contributed by atoms with Crippen LogP contribution in [0.5, 0.6) is 0 Å². The summed E-state index contributed by atoms with van der Waals surface area (Å²) in [4.78, 5) is 113. The van der Waals surface area contributed by atoms with Gasteiger partial charge in [0.25, 0.3) is 0 Å². The highest BCUT2D eigenvalue weighted by Crippen LogP contribution is 2.44. The van der Waals surface area contributed by atoms with Crippen molar-refractivity contribution in [1.29, 1.82) is 0 Å². The van der Waals surface area contributed by atoms with Gasteiger partial charge in [0, 0.05) is 64.0 Å². The first-order valence-electron chi connectivity index (χ1n) is 44.0. The Kier molecular flexibility index (Phi) is 74.2. The van der Waals surface area contributed by atoms with Crippen LogP contribution in [0, 0.1) is 5.92 Å². The Morgan fingerprint density at radius 3 is 1.01 bits per heavy atom. The molecular formula is C84H161N3O19P2. The average Bonchev–Trinajstić information content (AvgIpc) is 0.914. The zero-order valence-corrected chi connectivity index (χ0v) is 71.2. The Hall–Kier alpha value is -3.17. The van der Waals surface area contributed by atoms with Crippen LogP contribution in [0.25, 0.3) is 0 Å². The number of ether oxygens (including phenoxy) is 4. The number of urea groups is 1. The van der Waals surface area contributed by atoms with Crippen molar-refractivity contribution < 1.29 is 89.5 Å². The van der Waals surface area contributed by atoms with Crippen LogP contribution in [0.15, 0.2) is 0 Å². The van der Waals surface area contributed by atoms with Gasteiger partial charge in [0.1, 0.15) is 29.6 Å². The van der Waals surface area contributed by atoms with Gasteiger partial charge in [-0.3, -0.25) is 46.9 Å². The third-order valence-corrected chi connectivity index (χ3v) is 21.6. The predicted molar refractivity (Wildman–Crippen MR) is 434 cm³/mol. The summed E-state index contributed by atoms with van der Waals surface area (Å²) in [6.45, 7) is 10.8. The van der Waals surface area contributed by atoms with E-state index < -0.39 is 66.0 Å². The maximum atomic E-state index is 13.4. The molecule has 2 unspecified atom stereocenters. The van der Waals surface area contributed by atoms with E-state index in [2.05, 4.69) is 57.5 Å². The number of amides is 3. The molecule has 0 aromatic rings. The standard InChI is InChI=1S/C84H161N3O19P2/c1-7-13-19-25-29-33-37-43-47-53-76(88)68-78(90)67-74(70-99-63-59-79(55-49-41-23-17-11-5)105-82(92)57-51-45-39-35-31-27-21-15-9-3)71-103-107(95,96)101-65-61-85-84(94)86-62-66-102-108(97,98)104-73-75(87-81(91)69-77(89)54-48-44-38-34-30-26-20-14-8-2)72-100-64-60-80(56-50-42-24-18-12-6)106-83(93)58-52-46-40-36-32-28-22-16-10-4/h74-75,79-80H,7-73H2,1-6H3,(H,87,91)(H,95,96)(H,97,98)(H2,85,86,94)/t74-,75-,79-,80-/m1/s1. The van der Waals surface area contributed by atoms with Crippen LogP contribution in [-0.4, -0.2) is 135 Å². The van der Waals surface area contributed by atoms with Gasteiger partial charge in [0.15, 0.2) is 0 Å². The van der Waals surface area contributed by atoms with Gasteiger partial charge >= 0.3 is 33.6 Å². The van der Waals surface area contributed by atoms with Crippen LogP contribution in [0.1, 0.15) is 408 Å². The number of Topliss-reactive ketones (excluding diaryl/α,β-unsaturated/α-hetero) is 3. The molecule has 6 atom stereocenters. The van der Waals surface area contributed by atoms with Gasteiger partial charge in [-0.2, -0.15) is 0 Å². The molecule has 0 heterocycles. The molecule has 5 N–H and O–H groups in total. The molecule has 0 aromatic carbocycles. The smallest absolute Gasteiger partial charge is 0.462 e. The summed E-state index contributed by atoms with van der Waals surface area (Å²) in [5.74, 6) is -2.49. The van der Waals surface area contributed by atoms with E-state index in [1.54, 1.807) is 0 Å². The molecule has 0 saturated heterocycles. The Bertz CT molecular complexity index is 2120.